The van der Waals surface area contributed by atoms with E-state index in [2.05, 4.69) is 25.8 Å². The third-order valence-electron chi connectivity index (χ3n) is 4.46. The van der Waals surface area contributed by atoms with Gasteiger partial charge in [0.1, 0.15) is 5.82 Å². The van der Waals surface area contributed by atoms with Crippen LogP contribution in [0.25, 0.3) is 0 Å². The number of carbonyl (C=O) groups excluding carboxylic acids is 2. The van der Waals surface area contributed by atoms with Gasteiger partial charge in [-0.05, 0) is 63.2 Å². The number of benzene rings is 1. The average Bonchev–Trinajstić information content (AvgIpc) is 3.16. The molecule has 1 aliphatic rings. The van der Waals surface area contributed by atoms with Crippen LogP contribution < -0.4 is 16.0 Å². The van der Waals surface area contributed by atoms with Crippen molar-refractivity contribution in [2.24, 2.45) is 0 Å². The molecule has 2 aromatic rings. The fourth-order valence-corrected chi connectivity index (χ4v) is 3.28. The van der Waals surface area contributed by atoms with Crippen LogP contribution in [0.15, 0.2) is 42.6 Å². The number of likely N-dealkylation sites (tertiary alicyclic amines) is 1. The Morgan fingerprint density at radius 1 is 1.18 bits per heavy atom. The van der Waals surface area contributed by atoms with Crippen molar-refractivity contribution in [3.63, 3.8) is 0 Å². The minimum Gasteiger partial charge on any atom is -0.334 e. The van der Waals surface area contributed by atoms with E-state index in [1.807, 2.05) is 6.92 Å². The van der Waals surface area contributed by atoms with E-state index < -0.39 is 0 Å². The van der Waals surface area contributed by atoms with Crippen LogP contribution in [0.2, 0.25) is 5.02 Å². The number of halogens is 1. The van der Waals surface area contributed by atoms with E-state index in [4.69, 9.17) is 11.6 Å². The molecule has 3 rings (SSSR count). The SMILES string of the molecule is C[C@@H](CN1CCCC1)NC(=O)Nc1cccc(C(=O)Nc2ccc(Cl)cn2)c1. The number of hydrogen-bond acceptors (Lipinski definition) is 4. The van der Waals surface area contributed by atoms with Gasteiger partial charge in [-0.15, -0.1) is 0 Å². The summed E-state index contributed by atoms with van der Waals surface area (Å²) in [5, 5.41) is 8.91. The second kappa shape index (κ2) is 9.52. The number of rotatable bonds is 6. The maximum Gasteiger partial charge on any atom is 0.319 e. The zero-order chi connectivity index (χ0) is 19.9. The Kier molecular flexibility index (Phi) is 6.84. The molecule has 1 atom stereocenters. The number of amides is 3. The second-order valence-electron chi connectivity index (χ2n) is 6.90. The van der Waals surface area contributed by atoms with Gasteiger partial charge in [0.05, 0.1) is 5.02 Å². The molecule has 3 N–H and O–H groups in total. The van der Waals surface area contributed by atoms with Gasteiger partial charge in [0.15, 0.2) is 0 Å². The molecule has 1 aromatic heterocycles. The molecule has 1 aromatic carbocycles. The lowest BCUT2D eigenvalue weighted by Gasteiger charge is -2.21. The van der Waals surface area contributed by atoms with Gasteiger partial charge in [-0.1, -0.05) is 17.7 Å². The van der Waals surface area contributed by atoms with Crippen molar-refractivity contribution in [2.45, 2.75) is 25.8 Å². The van der Waals surface area contributed by atoms with Gasteiger partial charge < -0.3 is 20.9 Å². The summed E-state index contributed by atoms with van der Waals surface area (Å²) in [5.74, 6) is 0.0857. The molecule has 2 heterocycles. The highest BCUT2D eigenvalue weighted by Crippen LogP contribution is 2.14. The van der Waals surface area contributed by atoms with Crippen molar-refractivity contribution in [3.05, 3.63) is 53.2 Å². The van der Waals surface area contributed by atoms with E-state index in [0.29, 0.717) is 22.1 Å². The molecule has 1 fully saturated rings. The van der Waals surface area contributed by atoms with Gasteiger partial charge in [0.25, 0.3) is 5.91 Å². The maximum atomic E-state index is 12.4. The molecule has 0 aliphatic carbocycles. The Balaban J connectivity index is 1.53. The van der Waals surface area contributed by atoms with E-state index in [1.54, 1.807) is 36.4 Å². The third-order valence-corrected chi connectivity index (χ3v) is 4.68. The lowest BCUT2D eigenvalue weighted by molar-refractivity contribution is 0.102. The molecule has 1 aliphatic heterocycles. The number of nitrogens with zero attached hydrogens (tertiary/aromatic N) is 2. The molecular weight excluding hydrogens is 378 g/mol. The van der Waals surface area contributed by atoms with Gasteiger partial charge in [0.2, 0.25) is 0 Å². The number of carbonyl (C=O) groups is 2. The average molecular weight is 402 g/mol. The van der Waals surface area contributed by atoms with Crippen LogP contribution in [0.3, 0.4) is 0 Å². The maximum absolute atomic E-state index is 12.4. The number of aromatic nitrogens is 1. The smallest absolute Gasteiger partial charge is 0.319 e. The minimum absolute atomic E-state index is 0.0422. The molecule has 1 saturated heterocycles. The standard InChI is InChI=1S/C20H24ClN5O2/c1-14(13-26-9-2-3-10-26)23-20(28)24-17-6-4-5-15(11-17)19(27)25-18-8-7-16(21)12-22-18/h4-8,11-12,14H,2-3,9-10,13H2,1H3,(H,22,25,27)(H2,23,24,28)/t14-/m0/s1. The Labute approximate surface area is 169 Å². The van der Waals surface area contributed by atoms with E-state index in [9.17, 15) is 9.59 Å². The molecule has 8 heteroatoms. The number of hydrogen-bond donors (Lipinski definition) is 3. The van der Waals surface area contributed by atoms with E-state index >= 15 is 0 Å². The van der Waals surface area contributed by atoms with Crippen LogP contribution in [-0.4, -0.2) is 47.5 Å². The number of urea groups is 1. The van der Waals surface area contributed by atoms with Crippen molar-refractivity contribution < 1.29 is 9.59 Å². The summed E-state index contributed by atoms with van der Waals surface area (Å²) in [4.78, 5) is 31.0. The Bertz CT molecular complexity index is 822. The molecule has 3 amide bonds. The molecule has 148 valence electrons. The Morgan fingerprint density at radius 2 is 1.96 bits per heavy atom. The first-order valence-corrected chi connectivity index (χ1v) is 9.70. The number of nitrogens with one attached hydrogen (secondary N) is 3. The summed E-state index contributed by atoms with van der Waals surface area (Å²) < 4.78 is 0. The second-order valence-corrected chi connectivity index (χ2v) is 7.34. The quantitative estimate of drug-likeness (QED) is 0.690. The van der Waals surface area contributed by atoms with Crippen LogP contribution in [0.4, 0.5) is 16.3 Å². The summed E-state index contributed by atoms with van der Waals surface area (Å²) in [6, 6.07) is 9.77. The fourth-order valence-electron chi connectivity index (χ4n) is 3.17. The van der Waals surface area contributed by atoms with Crippen LogP contribution in [0, 0.1) is 0 Å². The van der Waals surface area contributed by atoms with Crippen molar-refractivity contribution >= 4 is 35.0 Å². The molecule has 28 heavy (non-hydrogen) atoms. The van der Waals surface area contributed by atoms with Crippen LogP contribution in [-0.2, 0) is 0 Å². The third kappa shape index (κ3) is 5.94. The van der Waals surface area contributed by atoms with Crippen molar-refractivity contribution in [1.82, 2.24) is 15.2 Å². The summed E-state index contributed by atoms with van der Waals surface area (Å²) in [7, 11) is 0. The minimum atomic E-state index is -0.318. The topological polar surface area (TPSA) is 86.4 Å². The van der Waals surface area contributed by atoms with Crippen LogP contribution >= 0.6 is 11.6 Å². The summed E-state index contributed by atoms with van der Waals surface area (Å²) in [6.07, 6.45) is 3.90. The summed E-state index contributed by atoms with van der Waals surface area (Å²) in [5.41, 5.74) is 0.960. The van der Waals surface area contributed by atoms with Gasteiger partial charge in [-0.3, -0.25) is 4.79 Å². The molecule has 0 radical (unpaired) electrons. The predicted octanol–water partition coefficient (Wildman–Crippen LogP) is 3.59. The molecular formula is C20H24ClN5O2. The highest BCUT2D eigenvalue weighted by Gasteiger charge is 2.16. The van der Waals surface area contributed by atoms with Crippen molar-refractivity contribution in [1.29, 1.82) is 0 Å². The largest absolute Gasteiger partial charge is 0.334 e. The zero-order valence-corrected chi connectivity index (χ0v) is 16.5. The van der Waals surface area contributed by atoms with E-state index in [-0.39, 0.29) is 18.0 Å². The van der Waals surface area contributed by atoms with Gasteiger partial charge in [-0.2, -0.15) is 0 Å². The molecule has 0 saturated carbocycles. The molecule has 0 unspecified atom stereocenters. The fraction of sp³-hybridized carbons (Fsp3) is 0.350. The van der Waals surface area contributed by atoms with Crippen LogP contribution in [0.1, 0.15) is 30.1 Å². The highest BCUT2D eigenvalue weighted by molar-refractivity contribution is 6.30. The number of pyridine rings is 1. The lowest BCUT2D eigenvalue weighted by atomic mass is 10.2. The monoisotopic (exact) mass is 401 g/mol. The first-order chi connectivity index (χ1) is 13.5. The Hall–Kier alpha value is -2.64. The van der Waals surface area contributed by atoms with Gasteiger partial charge in [-0.25, -0.2) is 9.78 Å². The first-order valence-electron chi connectivity index (χ1n) is 9.32. The normalized spacial score (nSPS) is 15.1. The van der Waals surface area contributed by atoms with E-state index in [1.165, 1.54) is 19.0 Å². The van der Waals surface area contributed by atoms with Gasteiger partial charge in [0, 0.05) is 30.0 Å². The van der Waals surface area contributed by atoms with E-state index in [0.717, 1.165) is 19.6 Å². The highest BCUT2D eigenvalue weighted by atomic mass is 35.5. The lowest BCUT2D eigenvalue weighted by Crippen LogP contribution is -2.42. The van der Waals surface area contributed by atoms with Gasteiger partial charge >= 0.3 is 6.03 Å². The summed E-state index contributed by atoms with van der Waals surface area (Å²) >= 11 is 5.79. The van der Waals surface area contributed by atoms with Crippen LogP contribution in [0.5, 0.6) is 0 Å². The predicted molar refractivity (Wildman–Crippen MR) is 111 cm³/mol. The summed E-state index contributed by atoms with van der Waals surface area (Å²) in [6.45, 7) is 5.01. The zero-order valence-electron chi connectivity index (χ0n) is 15.7. The van der Waals surface area contributed by atoms with Crippen molar-refractivity contribution in [3.8, 4) is 0 Å². The first kappa shape index (κ1) is 20.1. The molecule has 0 bridgehead atoms. The molecule has 0 spiro atoms. The molecule has 7 nitrogen and oxygen atoms in total. The number of anilines is 2. The van der Waals surface area contributed by atoms with Crippen molar-refractivity contribution in [2.75, 3.05) is 30.3 Å². The Morgan fingerprint density at radius 3 is 2.68 bits per heavy atom.